The molecule has 0 fully saturated rings. The number of fused-ring (bicyclic) bond motifs is 7. The van der Waals surface area contributed by atoms with Gasteiger partial charge in [-0.15, -0.1) is 11.3 Å². The number of rotatable bonds is 3. The van der Waals surface area contributed by atoms with Gasteiger partial charge in [-0.3, -0.25) is 0 Å². The van der Waals surface area contributed by atoms with E-state index in [9.17, 15) is 0 Å². The molecule has 0 amide bonds. The van der Waals surface area contributed by atoms with Crippen LogP contribution >= 0.6 is 23.1 Å². The van der Waals surface area contributed by atoms with Crippen LogP contribution in [0.2, 0.25) is 0 Å². The summed E-state index contributed by atoms with van der Waals surface area (Å²) in [6.07, 6.45) is 0. The summed E-state index contributed by atoms with van der Waals surface area (Å²) < 4.78 is 9.65. The van der Waals surface area contributed by atoms with Gasteiger partial charge in [-0.05, 0) is 76.3 Å². The van der Waals surface area contributed by atoms with Gasteiger partial charge in [-0.2, -0.15) is 0 Å². The second-order valence-electron chi connectivity index (χ2n) is 12.6. The predicted octanol–water partition coefficient (Wildman–Crippen LogP) is 13.8. The van der Waals surface area contributed by atoms with E-state index in [1.807, 2.05) is 23.1 Å². The van der Waals surface area contributed by atoms with Crippen molar-refractivity contribution < 1.29 is 4.74 Å². The number of benzene rings is 8. The highest BCUT2D eigenvalue weighted by Crippen LogP contribution is 2.60. The second-order valence-corrected chi connectivity index (χ2v) is 14.7. The van der Waals surface area contributed by atoms with Crippen LogP contribution in [0.1, 0.15) is 0 Å². The molecule has 3 heterocycles. The minimum absolute atomic E-state index is 0.851. The Balaban J connectivity index is 1.18. The van der Waals surface area contributed by atoms with Crippen LogP contribution < -0.4 is 15.0 Å². The van der Waals surface area contributed by atoms with Crippen LogP contribution in [-0.4, -0.2) is 0 Å². The Kier molecular flexibility index (Phi) is 5.76. The summed E-state index contributed by atoms with van der Waals surface area (Å²) in [6.45, 7) is 0. The maximum absolute atomic E-state index is 7.09. The lowest BCUT2D eigenvalue weighted by Gasteiger charge is -2.31. The van der Waals surface area contributed by atoms with Crippen molar-refractivity contribution >= 4 is 93.3 Å². The summed E-state index contributed by atoms with van der Waals surface area (Å²) in [4.78, 5) is 4.57. The lowest BCUT2D eigenvalue weighted by atomic mass is 9.92. The minimum atomic E-state index is 0.851. The number of nitrogens with zero attached hydrogens (tertiary/aromatic N) is 1. The fourth-order valence-corrected chi connectivity index (χ4v) is 9.98. The van der Waals surface area contributed by atoms with E-state index in [1.165, 1.54) is 52.8 Å². The summed E-state index contributed by atoms with van der Waals surface area (Å²) in [6, 6.07) is 54.7. The monoisotopic (exact) mass is 662 g/mol. The van der Waals surface area contributed by atoms with Crippen molar-refractivity contribution in [2.24, 2.45) is 0 Å². The van der Waals surface area contributed by atoms with E-state index in [2.05, 4.69) is 162 Å². The number of thiophene rings is 1. The van der Waals surface area contributed by atoms with Gasteiger partial charge in [-0.25, -0.2) is 0 Å². The first-order valence-corrected chi connectivity index (χ1v) is 18.1. The van der Waals surface area contributed by atoms with Crippen molar-refractivity contribution in [2.45, 2.75) is 9.79 Å². The van der Waals surface area contributed by atoms with E-state index in [1.54, 1.807) is 0 Å². The first-order chi connectivity index (χ1) is 24.3. The average Bonchev–Trinajstić information content (AvgIpc) is 3.55. The molecule has 0 unspecified atom stereocenters. The number of ether oxygens (including phenoxy) is 1. The highest BCUT2D eigenvalue weighted by molar-refractivity contribution is 8.00. The van der Waals surface area contributed by atoms with Crippen LogP contribution in [0.5, 0.6) is 11.5 Å². The van der Waals surface area contributed by atoms with E-state index in [4.69, 9.17) is 4.74 Å². The number of anilines is 5. The summed E-state index contributed by atoms with van der Waals surface area (Å²) in [7, 11) is 0. The molecule has 1 aromatic heterocycles. The Hall–Kier alpha value is -5.75. The molecule has 0 saturated heterocycles. The number of hydrogen-bond acceptors (Lipinski definition) is 5. The third-order valence-electron chi connectivity index (χ3n) is 9.81. The van der Waals surface area contributed by atoms with Gasteiger partial charge in [0.1, 0.15) is 5.75 Å². The molecule has 2 aliphatic rings. The van der Waals surface area contributed by atoms with E-state index >= 15 is 0 Å². The molecule has 2 bridgehead atoms. The first-order valence-electron chi connectivity index (χ1n) is 16.4. The van der Waals surface area contributed by atoms with Crippen molar-refractivity contribution in [1.29, 1.82) is 0 Å². The highest BCUT2D eigenvalue weighted by Gasteiger charge is 2.31. The molecule has 0 aliphatic carbocycles. The standard InChI is InChI=1S/C44H26N2OS2/c1-2-11-28(12-3-1)46(29-19-20-32-31-14-6-7-16-38(31)48-39(32)25-29)36-23-22-35-43-42(36)47-37-24-18-27-10-8-15-33(40(27)44(37)49-43)41-30-13-5-4-9-26(30)17-21-34(41)45-35/h1-25,45H. The van der Waals surface area contributed by atoms with E-state index in [0.29, 0.717) is 0 Å². The number of para-hydroxylation sites is 1. The Morgan fingerprint density at radius 2 is 1.31 bits per heavy atom. The summed E-state index contributed by atoms with van der Waals surface area (Å²) in [5.41, 5.74) is 7.71. The fourth-order valence-electron chi connectivity index (χ4n) is 7.62. The molecule has 1 N–H and O–H groups in total. The smallest absolute Gasteiger partial charge is 0.167 e. The molecular weight excluding hydrogens is 637 g/mol. The lowest BCUT2D eigenvalue weighted by Crippen LogP contribution is -2.12. The molecule has 0 spiro atoms. The zero-order valence-corrected chi connectivity index (χ0v) is 27.7. The van der Waals surface area contributed by atoms with Gasteiger partial charge in [-0.1, -0.05) is 109 Å². The van der Waals surface area contributed by atoms with Crippen LogP contribution in [0.25, 0.3) is 52.8 Å². The Labute approximate surface area is 291 Å². The quantitative estimate of drug-likeness (QED) is 0.203. The van der Waals surface area contributed by atoms with Crippen LogP contribution in [0.3, 0.4) is 0 Å². The molecule has 49 heavy (non-hydrogen) atoms. The summed E-state index contributed by atoms with van der Waals surface area (Å²) in [5.74, 6) is 1.73. The molecule has 11 rings (SSSR count). The molecule has 8 aromatic carbocycles. The van der Waals surface area contributed by atoms with Crippen LogP contribution in [0.15, 0.2) is 161 Å². The molecule has 2 aliphatic heterocycles. The Morgan fingerprint density at radius 1 is 0.531 bits per heavy atom. The van der Waals surface area contributed by atoms with Crippen molar-refractivity contribution in [1.82, 2.24) is 0 Å². The average molecular weight is 663 g/mol. The van der Waals surface area contributed by atoms with Crippen LogP contribution in [0.4, 0.5) is 28.4 Å². The zero-order valence-electron chi connectivity index (χ0n) is 26.1. The van der Waals surface area contributed by atoms with E-state index in [-0.39, 0.29) is 0 Å². The van der Waals surface area contributed by atoms with Crippen molar-refractivity contribution in [3.8, 4) is 22.6 Å². The van der Waals surface area contributed by atoms with Crippen molar-refractivity contribution in [3.05, 3.63) is 152 Å². The van der Waals surface area contributed by atoms with E-state index < -0.39 is 0 Å². The molecule has 9 aromatic rings. The van der Waals surface area contributed by atoms with Crippen LogP contribution in [-0.2, 0) is 0 Å². The summed E-state index contributed by atoms with van der Waals surface area (Å²) >= 11 is 3.65. The fraction of sp³-hybridized carbons (Fsp3) is 0. The minimum Gasteiger partial charge on any atom is -0.453 e. The maximum atomic E-state index is 7.09. The molecule has 0 atom stereocenters. The Bertz CT molecular complexity index is 2820. The van der Waals surface area contributed by atoms with E-state index in [0.717, 1.165) is 49.7 Å². The molecular formula is C44H26N2OS2. The van der Waals surface area contributed by atoms with Crippen molar-refractivity contribution in [2.75, 3.05) is 10.2 Å². The van der Waals surface area contributed by atoms with Gasteiger partial charge in [0, 0.05) is 48.2 Å². The largest absolute Gasteiger partial charge is 0.453 e. The lowest BCUT2D eigenvalue weighted by molar-refractivity contribution is 0.458. The predicted molar refractivity (Wildman–Crippen MR) is 208 cm³/mol. The normalized spacial score (nSPS) is 12.7. The topological polar surface area (TPSA) is 24.5 Å². The van der Waals surface area contributed by atoms with Gasteiger partial charge in [0.25, 0.3) is 0 Å². The van der Waals surface area contributed by atoms with Gasteiger partial charge in [0.05, 0.1) is 21.2 Å². The van der Waals surface area contributed by atoms with Crippen molar-refractivity contribution in [3.63, 3.8) is 0 Å². The van der Waals surface area contributed by atoms with Crippen LogP contribution in [0, 0.1) is 0 Å². The van der Waals surface area contributed by atoms with Gasteiger partial charge in [0.15, 0.2) is 5.75 Å². The molecule has 5 heteroatoms. The van der Waals surface area contributed by atoms with Gasteiger partial charge >= 0.3 is 0 Å². The third-order valence-corrected chi connectivity index (χ3v) is 12.2. The summed E-state index contributed by atoms with van der Waals surface area (Å²) in [5, 5.41) is 11.4. The number of hydrogen-bond donors (Lipinski definition) is 1. The Morgan fingerprint density at radius 3 is 2.24 bits per heavy atom. The molecule has 3 nitrogen and oxygen atoms in total. The highest BCUT2D eigenvalue weighted by atomic mass is 32.2. The first kappa shape index (κ1) is 27.2. The molecule has 230 valence electrons. The molecule has 0 saturated carbocycles. The SMILES string of the molecule is c1ccc(N(c2ccc3c(c2)sc2ccccc23)c2ccc3c4c2Oc2ccc5cccc(c5c2S4)-c2c(ccc4ccccc24)N3)cc1. The third kappa shape index (κ3) is 4.03. The maximum Gasteiger partial charge on any atom is 0.167 e. The zero-order chi connectivity index (χ0) is 32.1. The molecule has 0 radical (unpaired) electrons. The van der Waals surface area contributed by atoms with Gasteiger partial charge < -0.3 is 15.0 Å². The number of nitrogens with one attached hydrogen (secondary N) is 1. The van der Waals surface area contributed by atoms with Gasteiger partial charge in [0.2, 0.25) is 0 Å². The second kappa shape index (κ2) is 10.4.